The van der Waals surface area contributed by atoms with Gasteiger partial charge in [-0.1, -0.05) is 23.7 Å². The molecule has 0 spiro atoms. The quantitative estimate of drug-likeness (QED) is 0.652. The lowest BCUT2D eigenvalue weighted by Gasteiger charge is -2.12. The molecule has 0 saturated heterocycles. The first-order valence-electron chi connectivity index (χ1n) is 7.08. The maximum atomic E-state index is 12.2. The highest BCUT2D eigenvalue weighted by molar-refractivity contribution is 6.34. The number of nitrogens with zero attached hydrogens (tertiary/aromatic N) is 3. The van der Waals surface area contributed by atoms with Gasteiger partial charge in [-0.15, -0.1) is 0 Å². The molecule has 1 aromatic carbocycles. The van der Waals surface area contributed by atoms with Crippen LogP contribution in [0.3, 0.4) is 0 Å². The molecule has 0 saturated carbocycles. The fourth-order valence-corrected chi connectivity index (χ4v) is 2.56. The zero-order valence-corrected chi connectivity index (χ0v) is 13.4. The molecule has 0 amide bonds. The monoisotopic (exact) mass is 355 g/mol. The first-order valence-corrected chi connectivity index (χ1v) is 7.46. The molecule has 126 valence electrons. The third kappa shape index (κ3) is 3.79. The first kappa shape index (κ1) is 16.6. The lowest BCUT2D eigenvalue weighted by molar-refractivity contribution is -0.153. The SMILES string of the molecule is Cc1cc(Cn2cc3c(Cl)nccc3n2)ccc1OCC(F)(F)F. The summed E-state index contributed by atoms with van der Waals surface area (Å²) in [4.78, 5) is 4.00. The van der Waals surface area contributed by atoms with Crippen molar-refractivity contribution in [2.24, 2.45) is 0 Å². The fraction of sp³-hybridized carbons (Fsp3) is 0.250. The summed E-state index contributed by atoms with van der Waals surface area (Å²) in [6.45, 7) is 0.865. The van der Waals surface area contributed by atoms with Crippen molar-refractivity contribution in [3.63, 3.8) is 0 Å². The average molecular weight is 356 g/mol. The highest BCUT2D eigenvalue weighted by Crippen LogP contribution is 2.24. The van der Waals surface area contributed by atoms with Crippen LogP contribution in [0.15, 0.2) is 36.7 Å². The van der Waals surface area contributed by atoms with Gasteiger partial charge in [0.15, 0.2) is 6.61 Å². The van der Waals surface area contributed by atoms with Crippen LogP contribution in [0.4, 0.5) is 13.2 Å². The summed E-state index contributed by atoms with van der Waals surface area (Å²) in [5.41, 5.74) is 2.26. The third-order valence-electron chi connectivity index (χ3n) is 3.41. The topological polar surface area (TPSA) is 39.9 Å². The maximum Gasteiger partial charge on any atom is 0.422 e. The normalized spacial score (nSPS) is 11.9. The Morgan fingerprint density at radius 2 is 2.04 bits per heavy atom. The Balaban J connectivity index is 1.77. The van der Waals surface area contributed by atoms with Crippen molar-refractivity contribution in [1.29, 1.82) is 0 Å². The second-order valence-electron chi connectivity index (χ2n) is 5.36. The summed E-state index contributed by atoms with van der Waals surface area (Å²) < 4.78 is 43.2. The molecule has 2 aromatic heterocycles. The minimum atomic E-state index is -4.35. The maximum absolute atomic E-state index is 12.2. The summed E-state index contributed by atoms with van der Waals surface area (Å²) in [5, 5.41) is 5.53. The van der Waals surface area contributed by atoms with Gasteiger partial charge in [-0.2, -0.15) is 18.3 Å². The number of rotatable bonds is 4. The highest BCUT2D eigenvalue weighted by Gasteiger charge is 2.28. The lowest BCUT2D eigenvalue weighted by Crippen LogP contribution is -2.19. The Kier molecular flexibility index (Phi) is 4.36. The molecular weight excluding hydrogens is 343 g/mol. The Labute approximate surface area is 140 Å². The van der Waals surface area contributed by atoms with Gasteiger partial charge in [0.25, 0.3) is 0 Å². The van der Waals surface area contributed by atoms with Gasteiger partial charge in [-0.3, -0.25) is 4.68 Å². The van der Waals surface area contributed by atoms with Crippen LogP contribution in [0, 0.1) is 6.92 Å². The van der Waals surface area contributed by atoms with Crippen LogP contribution in [0.5, 0.6) is 5.75 Å². The predicted octanol–water partition coefficient (Wildman–Crippen LogP) is 4.38. The number of halogens is 4. The number of hydrogen-bond donors (Lipinski definition) is 0. The second kappa shape index (κ2) is 6.32. The molecule has 8 heteroatoms. The van der Waals surface area contributed by atoms with E-state index in [1.54, 1.807) is 42.2 Å². The van der Waals surface area contributed by atoms with Gasteiger partial charge in [0.2, 0.25) is 0 Å². The van der Waals surface area contributed by atoms with Crippen LogP contribution >= 0.6 is 11.6 Å². The molecular formula is C16H13ClF3N3O. The van der Waals surface area contributed by atoms with Gasteiger partial charge in [-0.25, -0.2) is 4.98 Å². The summed E-state index contributed by atoms with van der Waals surface area (Å²) in [6, 6.07) is 6.79. The van der Waals surface area contributed by atoms with Gasteiger partial charge in [0.05, 0.1) is 17.4 Å². The van der Waals surface area contributed by atoms with E-state index in [-0.39, 0.29) is 5.75 Å². The largest absolute Gasteiger partial charge is 0.484 e. The number of benzene rings is 1. The number of aromatic nitrogens is 3. The molecule has 4 nitrogen and oxygen atoms in total. The third-order valence-corrected chi connectivity index (χ3v) is 3.71. The number of alkyl halides is 3. The van der Waals surface area contributed by atoms with Crippen molar-refractivity contribution in [3.8, 4) is 5.75 Å². The molecule has 0 fully saturated rings. The van der Waals surface area contributed by atoms with Gasteiger partial charge in [-0.05, 0) is 30.2 Å². The van der Waals surface area contributed by atoms with Crippen LogP contribution in [0.1, 0.15) is 11.1 Å². The van der Waals surface area contributed by atoms with Crippen LogP contribution in [-0.4, -0.2) is 27.5 Å². The number of aryl methyl sites for hydroxylation is 1. The molecule has 3 rings (SSSR count). The molecule has 0 N–H and O–H groups in total. The Hall–Kier alpha value is -2.28. The summed E-state index contributed by atoms with van der Waals surface area (Å²) >= 11 is 6.02. The Morgan fingerprint density at radius 1 is 1.25 bits per heavy atom. The fourth-order valence-electron chi connectivity index (χ4n) is 2.36. The van der Waals surface area contributed by atoms with Gasteiger partial charge in [0, 0.05) is 12.4 Å². The average Bonchev–Trinajstić information content (AvgIpc) is 2.89. The van der Waals surface area contributed by atoms with E-state index in [0.717, 1.165) is 16.5 Å². The minimum absolute atomic E-state index is 0.217. The van der Waals surface area contributed by atoms with Crippen molar-refractivity contribution in [2.75, 3.05) is 6.61 Å². The van der Waals surface area contributed by atoms with Gasteiger partial charge >= 0.3 is 6.18 Å². The summed E-state index contributed by atoms with van der Waals surface area (Å²) in [6.07, 6.45) is -0.986. The molecule has 0 unspecified atom stereocenters. The van der Waals surface area contributed by atoms with Crippen LogP contribution in [0.2, 0.25) is 5.15 Å². The van der Waals surface area contributed by atoms with Crippen molar-refractivity contribution < 1.29 is 17.9 Å². The lowest BCUT2D eigenvalue weighted by atomic mass is 10.1. The van der Waals surface area contributed by atoms with Crippen LogP contribution in [0.25, 0.3) is 10.9 Å². The number of pyridine rings is 1. The zero-order valence-electron chi connectivity index (χ0n) is 12.6. The Morgan fingerprint density at radius 3 is 2.71 bits per heavy atom. The van der Waals surface area contributed by atoms with Gasteiger partial charge in [0.1, 0.15) is 10.9 Å². The van der Waals surface area contributed by atoms with E-state index in [9.17, 15) is 13.2 Å². The second-order valence-corrected chi connectivity index (χ2v) is 5.72. The zero-order chi connectivity index (χ0) is 17.3. The van der Waals surface area contributed by atoms with E-state index in [4.69, 9.17) is 16.3 Å². The van der Waals surface area contributed by atoms with E-state index in [2.05, 4.69) is 10.1 Å². The summed E-state index contributed by atoms with van der Waals surface area (Å²) in [5.74, 6) is 0.217. The molecule has 0 atom stereocenters. The first-order chi connectivity index (χ1) is 11.3. The molecule has 3 aromatic rings. The van der Waals surface area contributed by atoms with E-state index in [0.29, 0.717) is 17.3 Å². The molecule has 0 aliphatic heterocycles. The van der Waals surface area contributed by atoms with Crippen molar-refractivity contribution in [3.05, 3.63) is 52.9 Å². The molecule has 0 radical (unpaired) electrons. The number of ether oxygens (including phenoxy) is 1. The Bertz CT molecular complexity index is 877. The van der Waals surface area contributed by atoms with Gasteiger partial charge < -0.3 is 4.74 Å². The molecule has 0 aliphatic rings. The van der Waals surface area contributed by atoms with E-state index in [1.807, 2.05) is 0 Å². The summed E-state index contributed by atoms with van der Waals surface area (Å²) in [7, 11) is 0. The number of hydrogen-bond acceptors (Lipinski definition) is 3. The molecule has 2 heterocycles. The van der Waals surface area contributed by atoms with Crippen LogP contribution in [-0.2, 0) is 6.54 Å². The smallest absolute Gasteiger partial charge is 0.422 e. The van der Waals surface area contributed by atoms with E-state index in [1.165, 1.54) is 6.07 Å². The van der Waals surface area contributed by atoms with E-state index >= 15 is 0 Å². The van der Waals surface area contributed by atoms with Crippen molar-refractivity contribution >= 4 is 22.5 Å². The van der Waals surface area contributed by atoms with Crippen LogP contribution < -0.4 is 4.74 Å². The highest BCUT2D eigenvalue weighted by atomic mass is 35.5. The minimum Gasteiger partial charge on any atom is -0.484 e. The van der Waals surface area contributed by atoms with Crippen molar-refractivity contribution in [1.82, 2.24) is 14.8 Å². The molecule has 0 bridgehead atoms. The number of fused-ring (bicyclic) bond motifs is 1. The standard InChI is InChI=1S/C16H13ClF3N3O/c1-10-6-11(2-3-14(10)24-9-16(18,19)20)7-23-8-12-13(22-23)4-5-21-15(12)17/h2-6,8H,7,9H2,1H3. The van der Waals surface area contributed by atoms with E-state index < -0.39 is 12.8 Å². The molecule has 0 aliphatic carbocycles. The van der Waals surface area contributed by atoms with Crippen molar-refractivity contribution in [2.45, 2.75) is 19.6 Å². The predicted molar refractivity (Wildman–Crippen MR) is 84.4 cm³/mol. The molecule has 24 heavy (non-hydrogen) atoms.